The molecule has 0 unspecified atom stereocenters. The molecule has 1 aromatic heterocycles. The molecule has 0 radical (unpaired) electrons. The quantitative estimate of drug-likeness (QED) is 0.776. The minimum atomic E-state index is -0.703. The Morgan fingerprint density at radius 1 is 1.21 bits per heavy atom. The van der Waals surface area contributed by atoms with Crippen LogP contribution in [0.25, 0.3) is 0 Å². The Hall–Kier alpha value is -3.18. The van der Waals surface area contributed by atoms with E-state index in [2.05, 4.69) is 5.32 Å². The van der Waals surface area contributed by atoms with Crippen molar-refractivity contribution in [1.82, 2.24) is 0 Å². The fraction of sp³-hybridized carbons (Fsp3) is 0.300. The van der Waals surface area contributed by atoms with E-state index in [0.29, 0.717) is 16.1 Å². The number of carbonyl (C=O) groups is 3. The van der Waals surface area contributed by atoms with Gasteiger partial charge >= 0.3 is 11.9 Å². The minimum absolute atomic E-state index is 0.189. The van der Waals surface area contributed by atoms with Crippen LogP contribution in [0.2, 0.25) is 0 Å². The Morgan fingerprint density at radius 2 is 2.00 bits per heavy atom. The first kappa shape index (κ1) is 19.6. The summed E-state index contributed by atoms with van der Waals surface area (Å²) in [7, 11) is 1.30. The number of fused-ring (bicyclic) bond motifs is 1. The van der Waals surface area contributed by atoms with Crippen LogP contribution in [0, 0.1) is 11.3 Å². The van der Waals surface area contributed by atoms with E-state index in [9.17, 15) is 14.4 Å². The summed E-state index contributed by atoms with van der Waals surface area (Å²) in [4.78, 5) is 37.6. The Labute approximate surface area is 165 Å². The van der Waals surface area contributed by atoms with Crippen molar-refractivity contribution in [2.45, 2.75) is 25.7 Å². The number of carbonyl (C=O) groups excluding carboxylic acids is 3. The van der Waals surface area contributed by atoms with Gasteiger partial charge < -0.3 is 14.8 Å². The van der Waals surface area contributed by atoms with Gasteiger partial charge in [-0.05, 0) is 49.4 Å². The van der Waals surface area contributed by atoms with Crippen LogP contribution in [-0.2, 0) is 27.1 Å². The highest BCUT2D eigenvalue weighted by Gasteiger charge is 2.27. The van der Waals surface area contributed by atoms with Crippen LogP contribution in [0.1, 0.15) is 49.6 Å². The molecule has 1 heterocycles. The van der Waals surface area contributed by atoms with Crippen LogP contribution in [-0.4, -0.2) is 31.6 Å². The van der Waals surface area contributed by atoms with Crippen molar-refractivity contribution < 1.29 is 23.9 Å². The Kier molecular flexibility index (Phi) is 6.06. The van der Waals surface area contributed by atoms with E-state index in [1.807, 2.05) is 6.07 Å². The second kappa shape index (κ2) is 8.67. The Morgan fingerprint density at radius 3 is 2.75 bits per heavy atom. The number of nitriles is 1. The molecule has 1 aromatic carbocycles. The SMILES string of the molecule is COC(=O)c1c(NC(=O)COC(=O)c2cccc(C#N)c2)sc2c1CCCC2. The lowest BCUT2D eigenvalue weighted by Crippen LogP contribution is -2.21. The number of rotatable bonds is 5. The highest BCUT2D eigenvalue weighted by molar-refractivity contribution is 7.17. The molecule has 1 amide bonds. The van der Waals surface area contributed by atoms with E-state index in [1.54, 1.807) is 12.1 Å². The van der Waals surface area contributed by atoms with Crippen molar-refractivity contribution >= 4 is 34.2 Å². The molecule has 2 aromatic rings. The van der Waals surface area contributed by atoms with Gasteiger partial charge in [-0.2, -0.15) is 5.26 Å². The molecule has 1 N–H and O–H groups in total. The zero-order valence-electron chi connectivity index (χ0n) is 15.2. The number of hydrogen-bond donors (Lipinski definition) is 1. The van der Waals surface area contributed by atoms with Crippen LogP contribution >= 0.6 is 11.3 Å². The third-order valence-electron chi connectivity index (χ3n) is 4.38. The average Bonchev–Trinajstić information content (AvgIpc) is 3.09. The summed E-state index contributed by atoms with van der Waals surface area (Å²) in [6.45, 7) is -0.501. The maximum Gasteiger partial charge on any atom is 0.341 e. The van der Waals surface area contributed by atoms with Crippen LogP contribution in [0.5, 0.6) is 0 Å². The van der Waals surface area contributed by atoms with Gasteiger partial charge in [0, 0.05) is 4.88 Å². The highest BCUT2D eigenvalue weighted by atomic mass is 32.1. The molecule has 1 aliphatic rings. The predicted octanol–water partition coefficient (Wildman–Crippen LogP) is 3.08. The summed E-state index contributed by atoms with van der Waals surface area (Å²) in [5.74, 6) is -1.74. The third kappa shape index (κ3) is 4.21. The fourth-order valence-electron chi connectivity index (χ4n) is 3.06. The summed E-state index contributed by atoms with van der Waals surface area (Å²) in [5, 5.41) is 12.0. The summed E-state index contributed by atoms with van der Waals surface area (Å²) < 4.78 is 9.88. The lowest BCUT2D eigenvalue weighted by Gasteiger charge is -2.11. The smallest absolute Gasteiger partial charge is 0.341 e. The first-order valence-electron chi connectivity index (χ1n) is 8.73. The van der Waals surface area contributed by atoms with Gasteiger partial charge in [0.05, 0.1) is 29.9 Å². The molecule has 0 spiro atoms. The van der Waals surface area contributed by atoms with Crippen LogP contribution in [0.4, 0.5) is 5.00 Å². The second-order valence-corrected chi connectivity index (χ2v) is 7.33. The first-order valence-corrected chi connectivity index (χ1v) is 9.55. The average molecular weight is 398 g/mol. The molecule has 1 aliphatic carbocycles. The molecule has 0 atom stereocenters. The number of amides is 1. The first-order chi connectivity index (χ1) is 13.5. The standard InChI is InChI=1S/C20H18N2O5S/c1-26-20(25)17-14-7-2-3-8-15(14)28-18(17)22-16(23)11-27-19(24)13-6-4-5-12(9-13)10-21/h4-6,9H,2-3,7-8,11H2,1H3,(H,22,23). The summed E-state index contributed by atoms with van der Waals surface area (Å²) >= 11 is 1.36. The second-order valence-electron chi connectivity index (χ2n) is 6.22. The molecular weight excluding hydrogens is 380 g/mol. The third-order valence-corrected chi connectivity index (χ3v) is 5.58. The molecule has 28 heavy (non-hydrogen) atoms. The number of esters is 2. The Bertz CT molecular complexity index is 973. The van der Waals surface area contributed by atoms with Gasteiger partial charge in [-0.15, -0.1) is 11.3 Å². The summed E-state index contributed by atoms with van der Waals surface area (Å²) in [5.41, 5.74) is 1.84. The van der Waals surface area contributed by atoms with Crippen LogP contribution in [0.15, 0.2) is 24.3 Å². The van der Waals surface area contributed by atoms with Crippen LogP contribution in [0.3, 0.4) is 0 Å². The number of nitrogens with zero attached hydrogens (tertiary/aromatic N) is 1. The Balaban J connectivity index is 1.68. The highest BCUT2D eigenvalue weighted by Crippen LogP contribution is 2.38. The molecule has 0 fully saturated rings. The van der Waals surface area contributed by atoms with Crippen molar-refractivity contribution in [3.05, 3.63) is 51.4 Å². The number of ether oxygens (including phenoxy) is 2. The molecule has 0 saturated carbocycles. The number of anilines is 1. The topological polar surface area (TPSA) is 105 Å². The molecule has 0 saturated heterocycles. The molecule has 7 nitrogen and oxygen atoms in total. The lowest BCUT2D eigenvalue weighted by molar-refractivity contribution is -0.119. The normalized spacial score (nSPS) is 12.4. The van der Waals surface area contributed by atoms with Gasteiger partial charge in [0.25, 0.3) is 5.91 Å². The summed E-state index contributed by atoms with van der Waals surface area (Å²) in [6.07, 6.45) is 3.67. The van der Waals surface area contributed by atoms with Crippen molar-refractivity contribution in [3.63, 3.8) is 0 Å². The van der Waals surface area contributed by atoms with E-state index in [0.717, 1.165) is 36.1 Å². The molecule has 0 aliphatic heterocycles. The van der Waals surface area contributed by atoms with Gasteiger partial charge in [0.1, 0.15) is 5.00 Å². The molecule has 3 rings (SSSR count). The lowest BCUT2D eigenvalue weighted by atomic mass is 9.95. The van der Waals surface area contributed by atoms with Gasteiger partial charge in [0.2, 0.25) is 0 Å². The fourth-order valence-corrected chi connectivity index (χ4v) is 4.36. The van der Waals surface area contributed by atoms with Gasteiger partial charge in [-0.1, -0.05) is 6.07 Å². The zero-order valence-corrected chi connectivity index (χ0v) is 16.1. The van der Waals surface area contributed by atoms with Crippen molar-refractivity contribution in [2.24, 2.45) is 0 Å². The van der Waals surface area contributed by atoms with E-state index < -0.39 is 24.5 Å². The number of hydrogen-bond acceptors (Lipinski definition) is 7. The minimum Gasteiger partial charge on any atom is -0.465 e. The number of aryl methyl sites for hydroxylation is 1. The predicted molar refractivity (Wildman–Crippen MR) is 102 cm³/mol. The van der Waals surface area contributed by atoms with Crippen LogP contribution < -0.4 is 5.32 Å². The summed E-state index contributed by atoms with van der Waals surface area (Å²) in [6, 6.07) is 7.96. The maximum atomic E-state index is 12.3. The number of nitrogens with one attached hydrogen (secondary N) is 1. The van der Waals surface area contributed by atoms with E-state index in [1.165, 1.54) is 30.6 Å². The number of thiophene rings is 1. The number of benzene rings is 1. The number of methoxy groups -OCH3 is 1. The monoisotopic (exact) mass is 398 g/mol. The van der Waals surface area contributed by atoms with Crippen molar-refractivity contribution in [2.75, 3.05) is 19.0 Å². The van der Waals surface area contributed by atoms with E-state index >= 15 is 0 Å². The molecule has 0 bridgehead atoms. The van der Waals surface area contributed by atoms with Gasteiger partial charge in [0.15, 0.2) is 6.61 Å². The molecule has 144 valence electrons. The van der Waals surface area contributed by atoms with Crippen molar-refractivity contribution in [1.29, 1.82) is 5.26 Å². The van der Waals surface area contributed by atoms with Gasteiger partial charge in [-0.3, -0.25) is 4.79 Å². The van der Waals surface area contributed by atoms with E-state index in [4.69, 9.17) is 14.7 Å². The molecular formula is C20H18N2O5S. The largest absolute Gasteiger partial charge is 0.465 e. The molecule has 8 heteroatoms. The van der Waals surface area contributed by atoms with Crippen molar-refractivity contribution in [3.8, 4) is 6.07 Å². The zero-order chi connectivity index (χ0) is 20.1. The maximum absolute atomic E-state index is 12.3. The van der Waals surface area contributed by atoms with E-state index in [-0.39, 0.29) is 5.56 Å². The van der Waals surface area contributed by atoms with Gasteiger partial charge in [-0.25, -0.2) is 9.59 Å².